The van der Waals surface area contributed by atoms with Gasteiger partial charge in [0.1, 0.15) is 5.60 Å². The maximum atomic E-state index is 12.1. The topological polar surface area (TPSA) is 64.8 Å². The van der Waals surface area contributed by atoms with Crippen LogP contribution in [0.5, 0.6) is 0 Å². The smallest absolute Gasteiger partial charge is 0.410 e. The molecule has 2 rings (SSSR count). The first-order valence-electron chi connectivity index (χ1n) is 7.15. The molecule has 110 valence electrons. The molecule has 2 N–H and O–H groups in total. The lowest BCUT2D eigenvalue weighted by Crippen LogP contribution is -2.51. The first-order chi connectivity index (χ1) is 8.84. The molecule has 0 saturated carbocycles. The van der Waals surface area contributed by atoms with E-state index in [1.165, 1.54) is 0 Å². The lowest BCUT2D eigenvalue weighted by Gasteiger charge is -2.40. The van der Waals surface area contributed by atoms with E-state index in [1.54, 1.807) is 4.90 Å². The van der Waals surface area contributed by atoms with Gasteiger partial charge in [0, 0.05) is 6.54 Å². The van der Waals surface area contributed by atoms with Crippen molar-refractivity contribution < 1.29 is 14.3 Å². The number of nitrogens with zero attached hydrogens (tertiary/aromatic N) is 1. The molecular formula is C14H26N2O3. The summed E-state index contributed by atoms with van der Waals surface area (Å²) in [7, 11) is 0. The molecule has 5 nitrogen and oxygen atoms in total. The molecule has 2 saturated heterocycles. The van der Waals surface area contributed by atoms with Crippen LogP contribution in [0.3, 0.4) is 0 Å². The second-order valence-corrected chi connectivity index (χ2v) is 6.81. The van der Waals surface area contributed by atoms with Crippen LogP contribution in [0.1, 0.15) is 40.0 Å². The van der Waals surface area contributed by atoms with E-state index >= 15 is 0 Å². The van der Waals surface area contributed by atoms with E-state index in [4.69, 9.17) is 15.2 Å². The lowest BCUT2D eigenvalue weighted by molar-refractivity contribution is -0.0577. The zero-order valence-electron chi connectivity index (χ0n) is 12.3. The normalized spacial score (nSPS) is 31.8. The summed E-state index contributed by atoms with van der Waals surface area (Å²) in [4.78, 5) is 13.9. The van der Waals surface area contributed by atoms with Gasteiger partial charge in [-0.1, -0.05) is 0 Å². The van der Waals surface area contributed by atoms with E-state index in [1.807, 2.05) is 20.8 Å². The summed E-state index contributed by atoms with van der Waals surface area (Å²) in [6.07, 6.45) is 2.72. The molecule has 0 aromatic rings. The number of amides is 1. The monoisotopic (exact) mass is 270 g/mol. The maximum Gasteiger partial charge on any atom is 0.410 e. The zero-order chi connectivity index (χ0) is 14.1. The van der Waals surface area contributed by atoms with E-state index < -0.39 is 5.60 Å². The van der Waals surface area contributed by atoms with Gasteiger partial charge in [0.15, 0.2) is 0 Å². The molecule has 0 bridgehead atoms. The average molecular weight is 270 g/mol. The number of carbonyl (C=O) groups is 1. The van der Waals surface area contributed by atoms with E-state index in [2.05, 4.69) is 0 Å². The third-order valence-corrected chi connectivity index (χ3v) is 3.81. The molecule has 2 fully saturated rings. The average Bonchev–Trinajstić information content (AvgIpc) is 2.70. The summed E-state index contributed by atoms with van der Waals surface area (Å²) in [5.74, 6) is 0.429. The highest BCUT2D eigenvalue weighted by Gasteiger charge is 2.44. The van der Waals surface area contributed by atoms with Crippen molar-refractivity contribution in [3.63, 3.8) is 0 Å². The predicted molar refractivity (Wildman–Crippen MR) is 72.9 cm³/mol. The summed E-state index contributed by atoms with van der Waals surface area (Å²) in [6, 6.07) is 0. The van der Waals surface area contributed by atoms with Crippen LogP contribution in [0.15, 0.2) is 0 Å². The molecular weight excluding hydrogens is 244 g/mol. The number of hydrogen-bond donors (Lipinski definition) is 1. The third-order valence-electron chi connectivity index (χ3n) is 3.81. The van der Waals surface area contributed by atoms with Gasteiger partial charge in [-0.05, 0) is 52.5 Å². The van der Waals surface area contributed by atoms with Gasteiger partial charge in [-0.2, -0.15) is 0 Å². The number of hydrogen-bond acceptors (Lipinski definition) is 4. The van der Waals surface area contributed by atoms with Crippen molar-refractivity contribution in [1.29, 1.82) is 0 Å². The van der Waals surface area contributed by atoms with Gasteiger partial charge in [0.2, 0.25) is 0 Å². The molecule has 2 aliphatic rings. The van der Waals surface area contributed by atoms with Crippen molar-refractivity contribution in [3.05, 3.63) is 0 Å². The van der Waals surface area contributed by atoms with Gasteiger partial charge in [-0.25, -0.2) is 4.79 Å². The van der Waals surface area contributed by atoms with Gasteiger partial charge < -0.3 is 20.1 Å². The second-order valence-electron chi connectivity index (χ2n) is 6.81. The molecule has 1 spiro atoms. The highest BCUT2D eigenvalue weighted by molar-refractivity contribution is 5.68. The number of ether oxygens (including phenoxy) is 2. The number of carbonyl (C=O) groups excluding carboxylic acids is 1. The first kappa shape index (κ1) is 14.6. The SMILES string of the molecule is CC(C)(C)OC(=O)N1CCC[C@]2(C[C@@H](CN)CO2)C1. The van der Waals surface area contributed by atoms with Gasteiger partial charge in [-0.3, -0.25) is 0 Å². The second kappa shape index (κ2) is 5.29. The predicted octanol–water partition coefficient (Wildman–Crippen LogP) is 1.75. The van der Waals surface area contributed by atoms with E-state index in [9.17, 15) is 4.79 Å². The minimum absolute atomic E-state index is 0.181. The van der Waals surface area contributed by atoms with Crippen LogP contribution in [0.2, 0.25) is 0 Å². The number of nitrogens with two attached hydrogens (primary N) is 1. The molecule has 0 radical (unpaired) electrons. The van der Waals surface area contributed by atoms with Crippen LogP contribution in [-0.4, -0.2) is 48.4 Å². The van der Waals surface area contributed by atoms with Crippen LogP contribution >= 0.6 is 0 Å². The standard InChI is InChI=1S/C14H26N2O3/c1-13(2,3)19-12(17)16-6-4-5-14(10-16)7-11(8-15)9-18-14/h11H,4-10,15H2,1-3H3/t11-,14-/m0/s1. The van der Waals surface area contributed by atoms with E-state index in [0.29, 0.717) is 19.0 Å². The molecule has 2 heterocycles. The van der Waals surface area contributed by atoms with E-state index in [0.717, 1.165) is 32.4 Å². The summed E-state index contributed by atoms with van der Waals surface area (Å²) in [5.41, 5.74) is 5.09. The maximum absolute atomic E-state index is 12.1. The molecule has 0 aromatic carbocycles. The van der Waals surface area contributed by atoms with Crippen molar-refractivity contribution >= 4 is 6.09 Å². The zero-order valence-corrected chi connectivity index (χ0v) is 12.3. The molecule has 2 atom stereocenters. The highest BCUT2D eigenvalue weighted by atomic mass is 16.6. The summed E-state index contributed by atoms with van der Waals surface area (Å²) in [6.45, 7) is 8.45. The minimum atomic E-state index is -0.446. The summed E-state index contributed by atoms with van der Waals surface area (Å²) < 4.78 is 11.4. The van der Waals surface area contributed by atoms with Crippen molar-refractivity contribution in [1.82, 2.24) is 4.90 Å². The van der Waals surface area contributed by atoms with Crippen molar-refractivity contribution in [3.8, 4) is 0 Å². The minimum Gasteiger partial charge on any atom is -0.444 e. The Balaban J connectivity index is 1.96. The fourth-order valence-corrected chi connectivity index (χ4v) is 2.95. The Morgan fingerprint density at radius 3 is 2.84 bits per heavy atom. The Bertz CT molecular complexity index is 340. The van der Waals surface area contributed by atoms with Gasteiger partial charge in [0.05, 0.1) is 18.8 Å². The Hall–Kier alpha value is -0.810. The Morgan fingerprint density at radius 1 is 1.53 bits per heavy atom. The molecule has 0 unspecified atom stereocenters. The first-order valence-corrected chi connectivity index (χ1v) is 7.15. The van der Waals surface area contributed by atoms with Crippen molar-refractivity contribution in [2.75, 3.05) is 26.2 Å². The van der Waals surface area contributed by atoms with Crippen LogP contribution in [0.25, 0.3) is 0 Å². The fourth-order valence-electron chi connectivity index (χ4n) is 2.95. The Kier molecular flexibility index (Phi) is 4.06. The lowest BCUT2D eigenvalue weighted by atomic mass is 9.87. The molecule has 19 heavy (non-hydrogen) atoms. The van der Waals surface area contributed by atoms with Crippen LogP contribution in [0.4, 0.5) is 4.79 Å². The van der Waals surface area contributed by atoms with E-state index in [-0.39, 0.29) is 11.7 Å². The highest BCUT2D eigenvalue weighted by Crippen LogP contribution is 2.37. The van der Waals surface area contributed by atoms with Crippen LogP contribution in [0, 0.1) is 5.92 Å². The van der Waals surface area contributed by atoms with Gasteiger partial charge in [-0.15, -0.1) is 0 Å². The fraction of sp³-hybridized carbons (Fsp3) is 0.929. The summed E-state index contributed by atoms with van der Waals surface area (Å²) in [5, 5.41) is 0. The number of piperidine rings is 1. The van der Waals surface area contributed by atoms with Crippen LogP contribution < -0.4 is 5.73 Å². The van der Waals surface area contributed by atoms with Crippen LogP contribution in [-0.2, 0) is 9.47 Å². The number of likely N-dealkylation sites (tertiary alicyclic amines) is 1. The largest absolute Gasteiger partial charge is 0.444 e. The molecule has 1 amide bonds. The molecule has 0 aromatic heterocycles. The molecule has 2 aliphatic heterocycles. The van der Waals surface area contributed by atoms with Crippen molar-refractivity contribution in [2.24, 2.45) is 11.7 Å². The molecule has 0 aliphatic carbocycles. The third kappa shape index (κ3) is 3.60. The quantitative estimate of drug-likeness (QED) is 0.788. The Labute approximate surface area is 115 Å². The number of rotatable bonds is 1. The van der Waals surface area contributed by atoms with Crippen molar-refractivity contribution in [2.45, 2.75) is 51.2 Å². The molecule has 5 heteroatoms. The van der Waals surface area contributed by atoms with Gasteiger partial charge in [0.25, 0.3) is 0 Å². The van der Waals surface area contributed by atoms with Gasteiger partial charge >= 0.3 is 6.09 Å². The Morgan fingerprint density at radius 2 is 2.26 bits per heavy atom. The summed E-state index contributed by atoms with van der Waals surface area (Å²) >= 11 is 0.